The lowest BCUT2D eigenvalue weighted by molar-refractivity contribution is 0.0369. The predicted molar refractivity (Wildman–Crippen MR) is 64.1 cm³/mol. The van der Waals surface area contributed by atoms with Crippen molar-refractivity contribution in [1.29, 1.82) is 0 Å². The van der Waals surface area contributed by atoms with E-state index in [-0.39, 0.29) is 0 Å². The van der Waals surface area contributed by atoms with Crippen LogP contribution in [0.1, 0.15) is 38.5 Å². The van der Waals surface area contributed by atoms with Crippen molar-refractivity contribution in [2.45, 2.75) is 51.2 Å². The maximum atomic E-state index is 5.87. The van der Waals surface area contributed by atoms with Crippen molar-refractivity contribution in [3.05, 3.63) is 12.4 Å². The summed E-state index contributed by atoms with van der Waals surface area (Å²) in [5, 5.41) is 4.13. The van der Waals surface area contributed by atoms with Crippen molar-refractivity contribution >= 4 is 5.69 Å². The van der Waals surface area contributed by atoms with Gasteiger partial charge in [0.05, 0.1) is 31.1 Å². The van der Waals surface area contributed by atoms with Gasteiger partial charge in [0.2, 0.25) is 0 Å². The molecule has 1 aromatic heterocycles. The van der Waals surface area contributed by atoms with Crippen molar-refractivity contribution in [2.24, 2.45) is 0 Å². The summed E-state index contributed by atoms with van der Waals surface area (Å²) in [6, 6.07) is 0. The van der Waals surface area contributed by atoms with Crippen LogP contribution in [-0.2, 0) is 11.3 Å². The van der Waals surface area contributed by atoms with Gasteiger partial charge in [-0.3, -0.25) is 4.68 Å². The number of anilines is 1. The molecule has 90 valence electrons. The Morgan fingerprint density at radius 2 is 2.06 bits per heavy atom. The van der Waals surface area contributed by atoms with Gasteiger partial charge in [-0.05, 0) is 12.8 Å². The number of ether oxygens (including phenoxy) is 1. The third-order valence-electron chi connectivity index (χ3n) is 3.13. The molecule has 16 heavy (non-hydrogen) atoms. The van der Waals surface area contributed by atoms with E-state index in [4.69, 9.17) is 10.5 Å². The van der Waals surface area contributed by atoms with Gasteiger partial charge in [-0.25, -0.2) is 0 Å². The van der Waals surface area contributed by atoms with Crippen LogP contribution in [0.3, 0.4) is 0 Å². The van der Waals surface area contributed by atoms with Crippen molar-refractivity contribution in [3.8, 4) is 0 Å². The summed E-state index contributed by atoms with van der Waals surface area (Å²) in [6.07, 6.45) is 11.8. The van der Waals surface area contributed by atoms with E-state index < -0.39 is 0 Å². The minimum Gasteiger partial charge on any atom is -0.396 e. The molecular weight excluding hydrogens is 202 g/mol. The minimum atomic E-state index is 0.468. The van der Waals surface area contributed by atoms with Crippen LogP contribution >= 0.6 is 0 Å². The smallest absolute Gasteiger partial charge is 0.0719 e. The molecule has 4 heteroatoms. The Morgan fingerprint density at radius 1 is 1.31 bits per heavy atom. The van der Waals surface area contributed by atoms with Gasteiger partial charge in [-0.1, -0.05) is 25.7 Å². The van der Waals surface area contributed by atoms with Crippen LogP contribution in [0, 0.1) is 0 Å². The highest BCUT2D eigenvalue weighted by Crippen LogP contribution is 2.19. The first-order valence-corrected chi connectivity index (χ1v) is 6.24. The number of rotatable bonds is 4. The van der Waals surface area contributed by atoms with Crippen LogP contribution in [0.15, 0.2) is 12.4 Å². The van der Waals surface area contributed by atoms with Crippen LogP contribution in [0.2, 0.25) is 0 Å². The minimum absolute atomic E-state index is 0.468. The fourth-order valence-corrected chi connectivity index (χ4v) is 2.22. The molecule has 1 heterocycles. The van der Waals surface area contributed by atoms with Gasteiger partial charge in [0, 0.05) is 6.20 Å². The molecule has 0 atom stereocenters. The fraction of sp³-hybridized carbons (Fsp3) is 0.750. The lowest BCUT2D eigenvalue weighted by Gasteiger charge is -2.15. The third kappa shape index (κ3) is 3.52. The summed E-state index contributed by atoms with van der Waals surface area (Å²) in [4.78, 5) is 0. The lowest BCUT2D eigenvalue weighted by Crippen LogP contribution is -2.16. The number of aromatic nitrogens is 2. The van der Waals surface area contributed by atoms with E-state index in [0.717, 1.165) is 18.8 Å². The molecule has 0 spiro atoms. The second-order valence-corrected chi connectivity index (χ2v) is 4.52. The first kappa shape index (κ1) is 11.5. The van der Waals surface area contributed by atoms with Crippen molar-refractivity contribution in [3.63, 3.8) is 0 Å². The average Bonchev–Trinajstić information content (AvgIpc) is 2.54. The fourth-order valence-electron chi connectivity index (χ4n) is 2.22. The normalized spacial score (nSPS) is 18.5. The molecule has 1 aromatic rings. The van der Waals surface area contributed by atoms with Crippen LogP contribution in [0.25, 0.3) is 0 Å². The SMILES string of the molecule is Nc1cnn(CCOC2CCCCCC2)c1. The maximum absolute atomic E-state index is 5.87. The van der Waals surface area contributed by atoms with E-state index >= 15 is 0 Å². The Balaban J connectivity index is 1.67. The molecular formula is C12H21N3O. The number of nitrogens with two attached hydrogens (primary N) is 1. The summed E-state index contributed by atoms with van der Waals surface area (Å²) in [5.74, 6) is 0. The van der Waals surface area contributed by atoms with Gasteiger partial charge in [0.15, 0.2) is 0 Å². The Morgan fingerprint density at radius 3 is 2.69 bits per heavy atom. The molecule has 0 bridgehead atoms. The predicted octanol–water partition coefficient (Wildman–Crippen LogP) is 2.20. The first-order valence-electron chi connectivity index (χ1n) is 6.24. The molecule has 1 aliphatic rings. The van der Waals surface area contributed by atoms with Crippen molar-refractivity contribution < 1.29 is 4.74 Å². The second-order valence-electron chi connectivity index (χ2n) is 4.52. The molecule has 2 rings (SSSR count). The van der Waals surface area contributed by atoms with Gasteiger partial charge < -0.3 is 10.5 Å². The molecule has 0 radical (unpaired) electrons. The van der Waals surface area contributed by atoms with Crippen LogP contribution in [0.5, 0.6) is 0 Å². The summed E-state index contributed by atoms with van der Waals surface area (Å²) >= 11 is 0. The van der Waals surface area contributed by atoms with E-state index in [2.05, 4.69) is 5.10 Å². The Bertz CT molecular complexity index is 303. The topological polar surface area (TPSA) is 53.1 Å². The van der Waals surface area contributed by atoms with Gasteiger partial charge in [-0.15, -0.1) is 0 Å². The van der Waals surface area contributed by atoms with Gasteiger partial charge in [0.25, 0.3) is 0 Å². The van der Waals surface area contributed by atoms with Crippen molar-refractivity contribution in [2.75, 3.05) is 12.3 Å². The Hall–Kier alpha value is -1.03. The average molecular weight is 223 g/mol. The number of nitrogen functional groups attached to an aromatic ring is 1. The zero-order valence-corrected chi connectivity index (χ0v) is 9.77. The number of hydrogen-bond donors (Lipinski definition) is 1. The zero-order chi connectivity index (χ0) is 11.2. The summed E-state index contributed by atoms with van der Waals surface area (Å²) in [6.45, 7) is 1.54. The van der Waals surface area contributed by atoms with Crippen LogP contribution in [0.4, 0.5) is 5.69 Å². The highest BCUT2D eigenvalue weighted by atomic mass is 16.5. The van der Waals surface area contributed by atoms with E-state index in [1.54, 1.807) is 6.20 Å². The molecule has 4 nitrogen and oxygen atoms in total. The van der Waals surface area contributed by atoms with Crippen molar-refractivity contribution in [1.82, 2.24) is 9.78 Å². The number of nitrogens with zero attached hydrogens (tertiary/aromatic N) is 2. The largest absolute Gasteiger partial charge is 0.396 e. The third-order valence-corrected chi connectivity index (χ3v) is 3.13. The lowest BCUT2D eigenvalue weighted by atomic mass is 10.1. The molecule has 1 aliphatic carbocycles. The molecule has 0 amide bonds. The standard InChI is InChI=1S/C12H21N3O/c13-11-9-14-15(10-11)7-8-16-12-5-3-1-2-4-6-12/h9-10,12H,1-8,13H2. The van der Waals surface area contributed by atoms with Gasteiger partial charge in [0.1, 0.15) is 0 Å². The van der Waals surface area contributed by atoms with Crippen LogP contribution in [-0.4, -0.2) is 22.5 Å². The van der Waals surface area contributed by atoms with Gasteiger partial charge in [-0.2, -0.15) is 5.10 Å². The molecule has 0 unspecified atom stereocenters. The van der Waals surface area contributed by atoms with Crippen LogP contribution < -0.4 is 5.73 Å². The summed E-state index contributed by atoms with van der Waals surface area (Å²) in [7, 11) is 0. The summed E-state index contributed by atoms with van der Waals surface area (Å²) in [5.41, 5.74) is 6.31. The van der Waals surface area contributed by atoms with E-state index in [9.17, 15) is 0 Å². The second kappa shape index (κ2) is 5.89. The molecule has 0 saturated heterocycles. The Kier molecular flexibility index (Phi) is 4.22. The van der Waals surface area contributed by atoms with E-state index in [1.807, 2.05) is 10.9 Å². The van der Waals surface area contributed by atoms with E-state index in [0.29, 0.717) is 6.10 Å². The van der Waals surface area contributed by atoms with E-state index in [1.165, 1.54) is 38.5 Å². The Labute approximate surface area is 96.8 Å². The molecule has 0 aliphatic heterocycles. The molecule has 1 fully saturated rings. The monoisotopic (exact) mass is 223 g/mol. The molecule has 2 N–H and O–H groups in total. The maximum Gasteiger partial charge on any atom is 0.0719 e. The first-order chi connectivity index (χ1) is 7.84. The quantitative estimate of drug-likeness (QED) is 0.796. The zero-order valence-electron chi connectivity index (χ0n) is 9.77. The highest BCUT2D eigenvalue weighted by Gasteiger charge is 2.12. The van der Waals surface area contributed by atoms with Gasteiger partial charge >= 0.3 is 0 Å². The molecule has 1 saturated carbocycles. The molecule has 0 aromatic carbocycles. The highest BCUT2D eigenvalue weighted by molar-refractivity contribution is 5.30. The summed E-state index contributed by atoms with van der Waals surface area (Å²) < 4.78 is 7.71. The number of hydrogen-bond acceptors (Lipinski definition) is 3.